The SMILES string of the molecule is Cc1cscc1Nc1nc2c(C)sc(C)c2[nH]1. The molecule has 3 aromatic rings. The van der Waals surface area contributed by atoms with E-state index in [0.717, 1.165) is 22.7 Å². The summed E-state index contributed by atoms with van der Waals surface area (Å²) in [6, 6.07) is 0. The number of nitrogens with one attached hydrogen (secondary N) is 2. The highest BCUT2D eigenvalue weighted by molar-refractivity contribution is 7.13. The summed E-state index contributed by atoms with van der Waals surface area (Å²) in [6.07, 6.45) is 0. The molecule has 0 unspecified atom stereocenters. The molecule has 0 aliphatic carbocycles. The van der Waals surface area contributed by atoms with Crippen LogP contribution in [-0.2, 0) is 0 Å². The second kappa shape index (κ2) is 3.85. The van der Waals surface area contributed by atoms with Crippen LogP contribution in [0.25, 0.3) is 11.0 Å². The van der Waals surface area contributed by atoms with Crippen molar-refractivity contribution in [3.63, 3.8) is 0 Å². The molecule has 0 aliphatic rings. The minimum absolute atomic E-state index is 0.829. The fraction of sp³-hybridized carbons (Fsp3) is 0.250. The summed E-state index contributed by atoms with van der Waals surface area (Å²) in [5, 5.41) is 7.56. The average Bonchev–Trinajstić information content (AvgIpc) is 2.91. The van der Waals surface area contributed by atoms with E-state index < -0.39 is 0 Å². The van der Waals surface area contributed by atoms with E-state index in [1.807, 2.05) is 0 Å². The number of fused-ring (bicyclic) bond motifs is 1. The highest BCUT2D eigenvalue weighted by Gasteiger charge is 2.11. The van der Waals surface area contributed by atoms with E-state index in [9.17, 15) is 0 Å². The highest BCUT2D eigenvalue weighted by Crippen LogP contribution is 2.30. The molecule has 0 aromatic carbocycles. The number of thiophene rings is 2. The third-order valence-electron chi connectivity index (χ3n) is 2.80. The van der Waals surface area contributed by atoms with Gasteiger partial charge in [0.2, 0.25) is 5.95 Å². The molecule has 0 radical (unpaired) electrons. The van der Waals surface area contributed by atoms with Crippen LogP contribution in [0.4, 0.5) is 11.6 Å². The Kier molecular flexibility index (Phi) is 2.45. The summed E-state index contributed by atoms with van der Waals surface area (Å²) in [5.74, 6) is 0.829. The van der Waals surface area contributed by atoms with Gasteiger partial charge < -0.3 is 10.3 Å². The van der Waals surface area contributed by atoms with Crippen LogP contribution in [0, 0.1) is 20.8 Å². The van der Waals surface area contributed by atoms with Crippen molar-refractivity contribution in [3.05, 3.63) is 26.1 Å². The van der Waals surface area contributed by atoms with Gasteiger partial charge in [-0.1, -0.05) is 0 Å². The van der Waals surface area contributed by atoms with Gasteiger partial charge in [0, 0.05) is 15.1 Å². The van der Waals surface area contributed by atoms with E-state index in [1.54, 1.807) is 22.7 Å². The quantitative estimate of drug-likeness (QED) is 0.721. The minimum Gasteiger partial charge on any atom is -0.325 e. The van der Waals surface area contributed by atoms with E-state index in [4.69, 9.17) is 0 Å². The van der Waals surface area contributed by atoms with Crippen LogP contribution in [0.3, 0.4) is 0 Å². The molecular weight excluding hydrogens is 250 g/mol. The third kappa shape index (κ3) is 1.75. The number of aromatic amines is 1. The predicted molar refractivity (Wildman–Crippen MR) is 75.8 cm³/mol. The van der Waals surface area contributed by atoms with Gasteiger partial charge in [-0.25, -0.2) is 4.98 Å². The van der Waals surface area contributed by atoms with Gasteiger partial charge in [0.1, 0.15) is 5.52 Å². The predicted octanol–water partition coefficient (Wildman–Crippen LogP) is 4.35. The maximum Gasteiger partial charge on any atom is 0.205 e. The van der Waals surface area contributed by atoms with Crippen LogP contribution < -0.4 is 5.32 Å². The Morgan fingerprint density at radius 1 is 1.18 bits per heavy atom. The summed E-state index contributed by atoms with van der Waals surface area (Å²) < 4.78 is 0. The van der Waals surface area contributed by atoms with Gasteiger partial charge in [-0.15, -0.1) is 22.7 Å². The zero-order chi connectivity index (χ0) is 12.0. The zero-order valence-electron chi connectivity index (χ0n) is 9.92. The van der Waals surface area contributed by atoms with Crippen molar-refractivity contribution in [2.75, 3.05) is 5.32 Å². The van der Waals surface area contributed by atoms with Crippen molar-refractivity contribution in [2.24, 2.45) is 0 Å². The summed E-state index contributed by atoms with van der Waals surface area (Å²) in [6.45, 7) is 6.33. The van der Waals surface area contributed by atoms with Crippen LogP contribution >= 0.6 is 22.7 Å². The van der Waals surface area contributed by atoms with Crippen LogP contribution in [0.15, 0.2) is 10.8 Å². The molecule has 3 nitrogen and oxygen atoms in total. The number of hydrogen-bond donors (Lipinski definition) is 2. The van der Waals surface area contributed by atoms with Gasteiger partial charge in [-0.2, -0.15) is 0 Å². The number of imidazole rings is 1. The van der Waals surface area contributed by atoms with Gasteiger partial charge >= 0.3 is 0 Å². The Labute approximate surface area is 108 Å². The van der Waals surface area contributed by atoms with Crippen molar-refractivity contribution >= 4 is 45.3 Å². The maximum atomic E-state index is 4.60. The van der Waals surface area contributed by atoms with Crippen molar-refractivity contribution in [1.82, 2.24) is 9.97 Å². The second-order valence-corrected chi connectivity index (χ2v) is 6.29. The Morgan fingerprint density at radius 2 is 2.00 bits per heavy atom. The van der Waals surface area contributed by atoms with E-state index in [2.05, 4.69) is 46.8 Å². The first-order valence-electron chi connectivity index (χ1n) is 5.40. The normalized spacial score (nSPS) is 11.2. The lowest BCUT2D eigenvalue weighted by molar-refractivity contribution is 1.30. The maximum absolute atomic E-state index is 4.60. The third-order valence-corrected chi connectivity index (χ3v) is 4.68. The number of H-pyrrole nitrogens is 1. The van der Waals surface area contributed by atoms with Crippen LogP contribution in [0.2, 0.25) is 0 Å². The summed E-state index contributed by atoms with van der Waals surface area (Å²) in [4.78, 5) is 10.5. The monoisotopic (exact) mass is 263 g/mol. The smallest absolute Gasteiger partial charge is 0.205 e. The summed E-state index contributed by atoms with van der Waals surface area (Å²) >= 11 is 3.49. The Morgan fingerprint density at radius 3 is 2.65 bits per heavy atom. The van der Waals surface area contributed by atoms with Crippen molar-refractivity contribution in [2.45, 2.75) is 20.8 Å². The molecule has 3 rings (SSSR count). The molecule has 3 aromatic heterocycles. The van der Waals surface area contributed by atoms with Gasteiger partial charge in [0.25, 0.3) is 0 Å². The number of rotatable bonds is 2. The highest BCUT2D eigenvalue weighted by atomic mass is 32.1. The molecule has 3 heterocycles. The summed E-state index contributed by atoms with van der Waals surface area (Å²) in [7, 11) is 0. The van der Waals surface area contributed by atoms with Crippen LogP contribution in [-0.4, -0.2) is 9.97 Å². The van der Waals surface area contributed by atoms with Gasteiger partial charge in [-0.05, 0) is 31.7 Å². The van der Waals surface area contributed by atoms with Crippen LogP contribution in [0.5, 0.6) is 0 Å². The minimum atomic E-state index is 0.829. The topological polar surface area (TPSA) is 40.7 Å². The lowest BCUT2D eigenvalue weighted by Crippen LogP contribution is -1.91. The lowest BCUT2D eigenvalue weighted by atomic mass is 10.3. The first-order chi connectivity index (χ1) is 8.15. The molecule has 0 saturated heterocycles. The largest absolute Gasteiger partial charge is 0.325 e. The zero-order valence-corrected chi connectivity index (χ0v) is 11.6. The first kappa shape index (κ1) is 10.8. The Hall–Kier alpha value is -1.33. The van der Waals surface area contributed by atoms with E-state index in [0.29, 0.717) is 0 Å². The van der Waals surface area contributed by atoms with E-state index >= 15 is 0 Å². The van der Waals surface area contributed by atoms with Crippen molar-refractivity contribution in [3.8, 4) is 0 Å². The lowest BCUT2D eigenvalue weighted by Gasteiger charge is -2.00. The Bertz CT molecular complexity index is 641. The number of aromatic nitrogens is 2. The van der Waals surface area contributed by atoms with Crippen molar-refractivity contribution < 1.29 is 0 Å². The molecule has 17 heavy (non-hydrogen) atoms. The average molecular weight is 263 g/mol. The molecule has 0 atom stereocenters. The standard InChI is InChI=1S/C12H13N3S2/c1-6-4-16-5-9(6)13-12-14-10-7(2)17-8(3)11(10)15-12/h4-5H,1-3H3,(H2,13,14,15). The van der Waals surface area contributed by atoms with Crippen molar-refractivity contribution in [1.29, 1.82) is 0 Å². The van der Waals surface area contributed by atoms with Crippen LogP contribution in [0.1, 0.15) is 15.3 Å². The first-order valence-corrected chi connectivity index (χ1v) is 7.16. The fourth-order valence-electron chi connectivity index (χ4n) is 1.89. The molecule has 0 amide bonds. The molecule has 5 heteroatoms. The molecular formula is C12H13N3S2. The number of hydrogen-bond acceptors (Lipinski definition) is 4. The molecule has 2 N–H and O–H groups in total. The van der Waals surface area contributed by atoms with Gasteiger partial charge in [0.15, 0.2) is 0 Å². The molecule has 0 spiro atoms. The molecule has 0 saturated carbocycles. The van der Waals surface area contributed by atoms with E-state index in [-0.39, 0.29) is 0 Å². The number of anilines is 2. The van der Waals surface area contributed by atoms with Gasteiger partial charge in [0.05, 0.1) is 11.2 Å². The second-order valence-electron chi connectivity index (χ2n) is 4.12. The van der Waals surface area contributed by atoms with Gasteiger partial charge in [-0.3, -0.25) is 0 Å². The Balaban J connectivity index is 2.02. The molecule has 0 bridgehead atoms. The fourth-order valence-corrected chi connectivity index (χ4v) is 3.62. The number of aryl methyl sites for hydroxylation is 3. The molecule has 0 aliphatic heterocycles. The number of nitrogens with zero attached hydrogens (tertiary/aromatic N) is 1. The summed E-state index contributed by atoms with van der Waals surface area (Å²) in [5.41, 5.74) is 4.62. The molecule has 88 valence electrons. The van der Waals surface area contributed by atoms with E-state index in [1.165, 1.54) is 15.3 Å². The molecule has 0 fully saturated rings.